The van der Waals surface area contributed by atoms with Gasteiger partial charge in [0.1, 0.15) is 17.3 Å². The molecule has 0 aliphatic carbocycles. The Kier molecular flexibility index (Phi) is 5.43. The van der Waals surface area contributed by atoms with Crippen LogP contribution in [-0.4, -0.2) is 24.4 Å². The summed E-state index contributed by atoms with van der Waals surface area (Å²) >= 11 is 1.27. The van der Waals surface area contributed by atoms with Crippen LogP contribution >= 0.6 is 11.8 Å². The minimum absolute atomic E-state index is 0.432. The molecule has 2 aromatic carbocycles. The van der Waals surface area contributed by atoms with Crippen molar-refractivity contribution in [1.82, 2.24) is 0 Å². The molecule has 25 heavy (non-hydrogen) atoms. The van der Waals surface area contributed by atoms with Crippen LogP contribution in [0.2, 0.25) is 0 Å². The molecular weight excluding hydrogens is 348 g/mol. The average molecular weight is 365 g/mol. The quantitative estimate of drug-likeness (QED) is 0.823. The maximum Gasteiger partial charge on any atom is 0.237 e. The smallest absolute Gasteiger partial charge is 0.237 e. The van der Waals surface area contributed by atoms with E-state index >= 15 is 0 Å². The molecule has 1 aliphatic heterocycles. The van der Waals surface area contributed by atoms with E-state index in [0.717, 1.165) is 23.4 Å². The second-order valence-electron chi connectivity index (χ2n) is 5.51. The van der Waals surface area contributed by atoms with Crippen LogP contribution in [0.1, 0.15) is 13.3 Å². The number of carbonyl (C=O) groups is 1. The summed E-state index contributed by atoms with van der Waals surface area (Å²) < 4.78 is 38.5. The molecule has 1 atom stereocenters. The Morgan fingerprint density at radius 3 is 2.52 bits per heavy atom. The van der Waals surface area contributed by atoms with Gasteiger partial charge in [0.2, 0.25) is 5.91 Å². The summed E-state index contributed by atoms with van der Waals surface area (Å²) in [7, 11) is 0. The Balaban J connectivity index is 1.68. The maximum absolute atomic E-state index is 13.6. The highest BCUT2D eigenvalue weighted by Crippen LogP contribution is 2.35. The highest BCUT2D eigenvalue weighted by atomic mass is 32.2. The Hall–Kier alpha value is -2.28. The number of thioether (sulfide) groups is 1. The maximum atomic E-state index is 13.6. The van der Waals surface area contributed by atoms with Crippen molar-refractivity contribution >= 4 is 23.4 Å². The molecule has 7 heteroatoms. The number of ether oxygens (including phenoxy) is 2. The van der Waals surface area contributed by atoms with Crippen molar-refractivity contribution in [2.24, 2.45) is 0 Å². The second-order valence-corrected chi connectivity index (χ2v) is 6.92. The number of carbonyl (C=O) groups excluding carboxylic acids is 1. The van der Waals surface area contributed by atoms with E-state index in [4.69, 9.17) is 9.47 Å². The van der Waals surface area contributed by atoms with Crippen molar-refractivity contribution in [1.29, 1.82) is 0 Å². The van der Waals surface area contributed by atoms with Crippen LogP contribution in [0, 0.1) is 11.6 Å². The highest BCUT2D eigenvalue weighted by molar-refractivity contribution is 8.00. The van der Waals surface area contributed by atoms with Gasteiger partial charge in [0, 0.05) is 11.3 Å². The van der Waals surface area contributed by atoms with Gasteiger partial charge < -0.3 is 14.8 Å². The normalized spacial score (nSPS) is 14.5. The predicted molar refractivity (Wildman–Crippen MR) is 92.4 cm³/mol. The number of fused-ring (bicyclic) bond motifs is 1. The summed E-state index contributed by atoms with van der Waals surface area (Å²) in [6.45, 7) is 2.85. The Morgan fingerprint density at radius 2 is 1.80 bits per heavy atom. The number of hydrogen-bond acceptors (Lipinski definition) is 4. The molecule has 3 rings (SSSR count). The van der Waals surface area contributed by atoms with E-state index in [1.165, 1.54) is 17.8 Å². The number of nitrogens with one attached hydrogen (secondary N) is 1. The molecule has 0 saturated carbocycles. The lowest BCUT2D eigenvalue weighted by Crippen LogP contribution is -2.23. The lowest BCUT2D eigenvalue weighted by molar-refractivity contribution is -0.115. The summed E-state index contributed by atoms with van der Waals surface area (Å²) in [5.41, 5.74) is -0.432. The molecule has 1 heterocycles. The second kappa shape index (κ2) is 7.74. The SMILES string of the molecule is C[C@H](Sc1ccc2c(c1)OCCCO2)C(=O)Nc1c(F)cccc1F. The fourth-order valence-corrected chi connectivity index (χ4v) is 3.21. The molecular formula is C18H17F2NO3S. The van der Waals surface area contributed by atoms with Gasteiger partial charge in [-0.25, -0.2) is 8.78 Å². The van der Waals surface area contributed by atoms with Gasteiger partial charge in [-0.15, -0.1) is 11.8 Å². The molecule has 0 fully saturated rings. The van der Waals surface area contributed by atoms with Gasteiger partial charge in [0.25, 0.3) is 0 Å². The number of rotatable bonds is 4. The van der Waals surface area contributed by atoms with Crippen molar-refractivity contribution in [3.63, 3.8) is 0 Å². The van der Waals surface area contributed by atoms with Gasteiger partial charge in [0.15, 0.2) is 11.5 Å². The van der Waals surface area contributed by atoms with Crippen LogP contribution in [0.25, 0.3) is 0 Å². The third kappa shape index (κ3) is 4.22. The summed E-state index contributed by atoms with van der Waals surface area (Å²) in [5.74, 6) is -0.786. The van der Waals surface area contributed by atoms with Crippen LogP contribution in [0.3, 0.4) is 0 Å². The summed E-state index contributed by atoms with van der Waals surface area (Å²) in [6, 6.07) is 8.87. The molecule has 0 radical (unpaired) electrons. The highest BCUT2D eigenvalue weighted by Gasteiger charge is 2.19. The van der Waals surface area contributed by atoms with Gasteiger partial charge >= 0.3 is 0 Å². The molecule has 1 aliphatic rings. The fraction of sp³-hybridized carbons (Fsp3) is 0.278. The first kappa shape index (κ1) is 17.5. The van der Waals surface area contributed by atoms with E-state index in [0.29, 0.717) is 24.7 Å². The minimum atomic E-state index is -0.805. The lowest BCUT2D eigenvalue weighted by atomic mass is 10.3. The molecule has 132 valence electrons. The van der Waals surface area contributed by atoms with Crippen molar-refractivity contribution in [3.8, 4) is 11.5 Å². The Labute approximate surface area is 148 Å². The molecule has 0 unspecified atom stereocenters. The van der Waals surface area contributed by atoms with E-state index < -0.39 is 28.5 Å². The number of amides is 1. The predicted octanol–water partition coefficient (Wildman–Crippen LogP) is 4.25. The van der Waals surface area contributed by atoms with Crippen LogP contribution in [0.4, 0.5) is 14.5 Å². The summed E-state index contributed by atoms with van der Waals surface area (Å²) in [4.78, 5) is 13.1. The standard InChI is InChI=1S/C18H17F2NO3S/c1-11(18(22)21-17-13(19)4-2-5-14(17)20)25-12-6-7-15-16(10-12)24-9-3-8-23-15/h2,4-7,10-11H,3,8-9H2,1H3,(H,21,22)/t11-/m0/s1. The zero-order chi connectivity index (χ0) is 17.8. The van der Waals surface area contributed by atoms with Gasteiger partial charge in [0.05, 0.1) is 18.5 Å². The molecule has 4 nitrogen and oxygen atoms in total. The molecule has 0 spiro atoms. The zero-order valence-corrected chi connectivity index (χ0v) is 14.4. The minimum Gasteiger partial charge on any atom is -0.490 e. The first-order chi connectivity index (χ1) is 12.0. The third-order valence-corrected chi connectivity index (χ3v) is 4.71. The van der Waals surface area contributed by atoms with Crippen molar-refractivity contribution in [2.75, 3.05) is 18.5 Å². The van der Waals surface area contributed by atoms with E-state index in [1.807, 2.05) is 6.07 Å². The molecule has 0 saturated heterocycles. The monoisotopic (exact) mass is 365 g/mol. The molecule has 2 aromatic rings. The van der Waals surface area contributed by atoms with Crippen LogP contribution in [0.15, 0.2) is 41.3 Å². The van der Waals surface area contributed by atoms with E-state index in [1.54, 1.807) is 19.1 Å². The Morgan fingerprint density at radius 1 is 1.12 bits per heavy atom. The fourth-order valence-electron chi connectivity index (χ4n) is 2.32. The van der Waals surface area contributed by atoms with E-state index in [-0.39, 0.29) is 0 Å². The molecule has 1 amide bonds. The van der Waals surface area contributed by atoms with Crippen LogP contribution in [0.5, 0.6) is 11.5 Å². The van der Waals surface area contributed by atoms with E-state index in [2.05, 4.69) is 5.32 Å². The number of anilines is 1. The first-order valence-corrected chi connectivity index (χ1v) is 8.74. The van der Waals surface area contributed by atoms with Crippen molar-refractivity contribution in [3.05, 3.63) is 48.0 Å². The van der Waals surface area contributed by atoms with Gasteiger partial charge in [-0.05, 0) is 37.3 Å². The molecule has 0 aromatic heterocycles. The van der Waals surface area contributed by atoms with Gasteiger partial charge in [-0.1, -0.05) is 6.07 Å². The first-order valence-electron chi connectivity index (χ1n) is 7.86. The number of benzene rings is 2. The van der Waals surface area contributed by atoms with Gasteiger partial charge in [-0.2, -0.15) is 0 Å². The average Bonchev–Trinajstić information content (AvgIpc) is 2.83. The largest absolute Gasteiger partial charge is 0.490 e. The zero-order valence-electron chi connectivity index (χ0n) is 13.6. The van der Waals surface area contributed by atoms with Crippen molar-refractivity contribution in [2.45, 2.75) is 23.5 Å². The Bertz CT molecular complexity index is 765. The summed E-state index contributed by atoms with van der Waals surface area (Å²) in [6.07, 6.45) is 0.810. The van der Waals surface area contributed by atoms with Crippen LogP contribution < -0.4 is 14.8 Å². The number of para-hydroxylation sites is 1. The van der Waals surface area contributed by atoms with Gasteiger partial charge in [-0.3, -0.25) is 4.79 Å². The number of hydrogen-bond donors (Lipinski definition) is 1. The third-order valence-electron chi connectivity index (χ3n) is 3.61. The molecule has 0 bridgehead atoms. The topological polar surface area (TPSA) is 47.6 Å². The van der Waals surface area contributed by atoms with Crippen LogP contribution in [-0.2, 0) is 4.79 Å². The summed E-state index contributed by atoms with van der Waals surface area (Å²) in [5, 5.41) is 1.75. The van der Waals surface area contributed by atoms with E-state index in [9.17, 15) is 13.6 Å². The number of halogens is 2. The van der Waals surface area contributed by atoms with Crippen molar-refractivity contribution < 1.29 is 23.0 Å². The lowest BCUT2D eigenvalue weighted by Gasteiger charge is -2.14. The molecule has 1 N–H and O–H groups in total.